The summed E-state index contributed by atoms with van der Waals surface area (Å²) in [7, 11) is 0. The lowest BCUT2D eigenvalue weighted by molar-refractivity contribution is -0.127. The van der Waals surface area contributed by atoms with Crippen LogP contribution in [0.3, 0.4) is 0 Å². The molecule has 2 amide bonds. The fraction of sp³-hybridized carbons (Fsp3) is 0.375. The van der Waals surface area contributed by atoms with Crippen molar-refractivity contribution in [3.63, 3.8) is 0 Å². The van der Waals surface area contributed by atoms with E-state index in [-0.39, 0.29) is 17.9 Å². The summed E-state index contributed by atoms with van der Waals surface area (Å²) < 4.78 is 5.64. The minimum atomic E-state index is -1.50. The Morgan fingerprint density at radius 2 is 1.62 bits per heavy atom. The van der Waals surface area contributed by atoms with Crippen LogP contribution in [0.4, 0.5) is 0 Å². The zero-order valence-corrected chi connectivity index (χ0v) is 18.7. The largest absolute Gasteiger partial charge is 0.377 e. The Balaban J connectivity index is 0.000000920. The molecular weight excluding hydrogens is 410 g/mol. The average Bonchev–Trinajstić information content (AvgIpc) is 2.76. The zero-order valence-electron chi connectivity index (χ0n) is 18.7. The van der Waals surface area contributed by atoms with Crippen molar-refractivity contribution >= 4 is 11.8 Å². The third-order valence-electron chi connectivity index (χ3n) is 3.97. The Hall–Kier alpha value is -3.25. The van der Waals surface area contributed by atoms with E-state index >= 15 is 0 Å². The molecule has 0 radical (unpaired) electrons. The van der Waals surface area contributed by atoms with Crippen LogP contribution in [-0.4, -0.2) is 53.6 Å². The van der Waals surface area contributed by atoms with Gasteiger partial charge in [0, 0.05) is 25.3 Å². The number of amides is 2. The number of benzene rings is 2. The number of hydrogen-bond acceptors (Lipinski definition) is 6. The molecule has 0 saturated heterocycles. The van der Waals surface area contributed by atoms with E-state index in [9.17, 15) is 9.59 Å². The first kappa shape index (κ1) is 26.8. The fourth-order valence-electron chi connectivity index (χ4n) is 2.60. The van der Waals surface area contributed by atoms with Crippen molar-refractivity contribution in [3.05, 3.63) is 71.3 Å². The highest BCUT2D eigenvalue weighted by molar-refractivity contribution is 5.96. The molecule has 2 aromatic carbocycles. The summed E-state index contributed by atoms with van der Waals surface area (Å²) in [5.41, 5.74) is 1.28. The van der Waals surface area contributed by atoms with Crippen LogP contribution < -0.4 is 10.6 Å². The number of ether oxygens (including phenoxy) is 1. The van der Waals surface area contributed by atoms with Crippen LogP contribution in [0.25, 0.3) is 0 Å². The number of rotatable bonds is 9. The Labute approximate surface area is 188 Å². The highest BCUT2D eigenvalue weighted by Gasteiger charge is 2.15. The predicted molar refractivity (Wildman–Crippen MR) is 121 cm³/mol. The van der Waals surface area contributed by atoms with Gasteiger partial charge in [0.05, 0.1) is 23.3 Å². The molecule has 4 N–H and O–H groups in total. The van der Waals surface area contributed by atoms with Crippen molar-refractivity contribution in [1.82, 2.24) is 10.6 Å². The van der Waals surface area contributed by atoms with E-state index in [1.165, 1.54) is 13.8 Å². The molecule has 1 unspecified atom stereocenters. The molecule has 8 nitrogen and oxygen atoms in total. The molecule has 0 heterocycles. The highest BCUT2D eigenvalue weighted by Crippen LogP contribution is 2.07. The predicted octanol–water partition coefficient (Wildman–Crippen LogP) is 2.22. The van der Waals surface area contributed by atoms with Crippen molar-refractivity contribution in [2.45, 2.75) is 39.1 Å². The van der Waals surface area contributed by atoms with Crippen molar-refractivity contribution < 1.29 is 24.5 Å². The molecule has 172 valence electrons. The van der Waals surface area contributed by atoms with Crippen LogP contribution in [0.5, 0.6) is 0 Å². The number of carbonyl (C=O) groups excluding carboxylic acids is 2. The average molecular weight is 442 g/mol. The lowest BCUT2D eigenvalue weighted by Gasteiger charge is -2.18. The molecule has 0 bridgehead atoms. The summed E-state index contributed by atoms with van der Waals surface area (Å²) in [6.07, 6.45) is 0.330. The van der Waals surface area contributed by atoms with Gasteiger partial charge in [-0.2, -0.15) is 5.26 Å². The third kappa shape index (κ3) is 11.2. The monoisotopic (exact) mass is 441 g/mol. The molecule has 0 fully saturated rings. The van der Waals surface area contributed by atoms with Crippen molar-refractivity contribution in [3.8, 4) is 6.07 Å². The Kier molecular flexibility index (Phi) is 11.7. The quantitative estimate of drug-likeness (QED) is 0.441. The Bertz CT molecular complexity index is 882. The molecular formula is C24H31N3O5. The van der Waals surface area contributed by atoms with E-state index in [4.69, 9.17) is 20.2 Å². The van der Waals surface area contributed by atoms with Crippen LogP contribution in [0.15, 0.2) is 54.6 Å². The Morgan fingerprint density at radius 1 is 1.03 bits per heavy atom. The molecule has 1 atom stereocenters. The second-order valence-corrected chi connectivity index (χ2v) is 7.35. The van der Waals surface area contributed by atoms with Gasteiger partial charge in [-0.15, -0.1) is 0 Å². The van der Waals surface area contributed by atoms with Gasteiger partial charge >= 0.3 is 0 Å². The maximum atomic E-state index is 12.3. The highest BCUT2D eigenvalue weighted by atomic mass is 16.5. The maximum Gasteiger partial charge on any atom is 0.252 e. The first-order valence-electron chi connectivity index (χ1n) is 10.3. The van der Waals surface area contributed by atoms with Gasteiger partial charge in [-0.25, -0.2) is 0 Å². The van der Waals surface area contributed by atoms with E-state index < -0.39 is 5.79 Å². The maximum absolute atomic E-state index is 12.3. The first-order valence-corrected chi connectivity index (χ1v) is 10.3. The fourth-order valence-corrected chi connectivity index (χ4v) is 2.60. The van der Waals surface area contributed by atoms with Gasteiger partial charge in [0.15, 0.2) is 5.79 Å². The van der Waals surface area contributed by atoms with E-state index in [0.29, 0.717) is 42.8 Å². The van der Waals surface area contributed by atoms with E-state index in [1.807, 2.05) is 31.2 Å². The molecule has 2 aromatic rings. The summed E-state index contributed by atoms with van der Waals surface area (Å²) in [6, 6.07) is 17.6. The van der Waals surface area contributed by atoms with Gasteiger partial charge in [0.2, 0.25) is 0 Å². The molecule has 0 saturated carbocycles. The molecule has 0 aromatic heterocycles. The van der Waals surface area contributed by atoms with Gasteiger partial charge in [-0.1, -0.05) is 30.3 Å². The molecule has 8 heteroatoms. The molecule has 0 aliphatic rings. The lowest BCUT2D eigenvalue weighted by atomic mass is 10.1. The minimum absolute atomic E-state index is 0.141. The van der Waals surface area contributed by atoms with Gasteiger partial charge in [0.25, 0.3) is 11.8 Å². The standard InChI is InChI=1S/C21H23N3O3.C3H8O2/c1-2-27-18(12-13-23-20(25)16-8-4-3-5-9-16)15-24-21(26)19-11-7-6-10-17(19)14-22;1-3(2,4)5/h3-11,18H,2,12-13,15H2,1H3,(H,23,25)(H,24,26);4-5H,1-2H3. The van der Waals surface area contributed by atoms with Crippen LogP contribution >= 0.6 is 0 Å². The molecule has 0 aliphatic heterocycles. The van der Waals surface area contributed by atoms with Crippen molar-refractivity contribution in [2.24, 2.45) is 0 Å². The molecule has 0 aliphatic carbocycles. The number of nitrogens with zero attached hydrogens (tertiary/aromatic N) is 1. The summed E-state index contributed by atoms with van der Waals surface area (Å²) in [6.45, 7) is 5.71. The smallest absolute Gasteiger partial charge is 0.252 e. The molecule has 2 rings (SSSR count). The summed E-state index contributed by atoms with van der Waals surface area (Å²) >= 11 is 0. The van der Waals surface area contributed by atoms with Crippen LogP contribution in [0.1, 0.15) is 53.5 Å². The SMILES string of the molecule is CC(C)(O)O.CCOC(CCNC(=O)c1ccccc1)CNC(=O)c1ccccc1C#N. The minimum Gasteiger partial charge on any atom is -0.377 e. The van der Waals surface area contributed by atoms with Crippen LogP contribution in [-0.2, 0) is 4.74 Å². The van der Waals surface area contributed by atoms with Crippen LogP contribution in [0, 0.1) is 11.3 Å². The third-order valence-corrected chi connectivity index (χ3v) is 3.97. The topological polar surface area (TPSA) is 132 Å². The van der Waals surface area contributed by atoms with Gasteiger partial charge < -0.3 is 25.6 Å². The Morgan fingerprint density at radius 3 is 2.22 bits per heavy atom. The number of nitrogens with one attached hydrogen (secondary N) is 2. The van der Waals surface area contributed by atoms with Gasteiger partial charge in [-0.05, 0) is 51.5 Å². The summed E-state index contributed by atoms with van der Waals surface area (Å²) in [5.74, 6) is -1.96. The number of carbonyl (C=O) groups is 2. The number of aliphatic hydroxyl groups is 2. The zero-order chi connectivity index (χ0) is 24.0. The second-order valence-electron chi connectivity index (χ2n) is 7.35. The summed E-state index contributed by atoms with van der Waals surface area (Å²) in [5, 5.41) is 30.9. The van der Waals surface area contributed by atoms with Crippen molar-refractivity contribution in [1.29, 1.82) is 5.26 Å². The number of hydrogen-bond donors (Lipinski definition) is 4. The van der Waals surface area contributed by atoms with E-state index in [2.05, 4.69) is 10.6 Å². The van der Waals surface area contributed by atoms with Crippen molar-refractivity contribution in [2.75, 3.05) is 19.7 Å². The van der Waals surface area contributed by atoms with E-state index in [1.54, 1.807) is 36.4 Å². The van der Waals surface area contributed by atoms with E-state index in [0.717, 1.165) is 0 Å². The first-order chi connectivity index (χ1) is 15.2. The molecule has 0 spiro atoms. The second kappa shape index (κ2) is 13.9. The van der Waals surface area contributed by atoms with Crippen LogP contribution in [0.2, 0.25) is 0 Å². The van der Waals surface area contributed by atoms with Gasteiger partial charge in [-0.3, -0.25) is 9.59 Å². The molecule has 32 heavy (non-hydrogen) atoms. The summed E-state index contributed by atoms with van der Waals surface area (Å²) in [4.78, 5) is 24.4. The number of nitriles is 1. The lowest BCUT2D eigenvalue weighted by Crippen LogP contribution is -2.36. The normalized spacial score (nSPS) is 11.4. The van der Waals surface area contributed by atoms with Gasteiger partial charge in [0.1, 0.15) is 0 Å².